The van der Waals surface area contributed by atoms with E-state index in [4.69, 9.17) is 4.74 Å². The molecule has 1 aliphatic heterocycles. The van der Waals surface area contributed by atoms with E-state index in [-0.39, 0.29) is 0 Å². The first-order valence-corrected chi connectivity index (χ1v) is 5.52. The standard InChI is InChI=1S/C14H14O/c1-3-11-4-2-6-13-8-10-15-9-7-12(5-1)14(11)13/h1-6H,7-10H2. The van der Waals surface area contributed by atoms with Gasteiger partial charge in [-0.15, -0.1) is 0 Å². The minimum absolute atomic E-state index is 0.855. The normalized spacial score (nSPS) is 16.0. The van der Waals surface area contributed by atoms with Gasteiger partial charge in [0.15, 0.2) is 0 Å². The molecule has 2 aromatic rings. The minimum atomic E-state index is 0.855. The van der Waals surface area contributed by atoms with Crippen LogP contribution in [0.5, 0.6) is 0 Å². The number of benzene rings is 2. The van der Waals surface area contributed by atoms with Crippen molar-refractivity contribution >= 4 is 10.8 Å². The molecule has 0 saturated carbocycles. The van der Waals surface area contributed by atoms with Crippen molar-refractivity contribution in [1.82, 2.24) is 0 Å². The SMILES string of the molecule is c1cc2c3c(cccc3c1)CCOCC2. The highest BCUT2D eigenvalue weighted by molar-refractivity contribution is 5.89. The van der Waals surface area contributed by atoms with E-state index in [1.165, 1.54) is 21.9 Å². The fourth-order valence-electron chi connectivity index (χ4n) is 2.38. The Hall–Kier alpha value is -1.34. The van der Waals surface area contributed by atoms with Crippen LogP contribution in [-0.4, -0.2) is 13.2 Å². The van der Waals surface area contributed by atoms with Crippen LogP contribution in [0.4, 0.5) is 0 Å². The first-order valence-electron chi connectivity index (χ1n) is 5.52. The summed E-state index contributed by atoms with van der Waals surface area (Å²) in [4.78, 5) is 0. The van der Waals surface area contributed by atoms with Crippen LogP contribution in [0.3, 0.4) is 0 Å². The van der Waals surface area contributed by atoms with E-state index in [0.717, 1.165) is 26.1 Å². The average molecular weight is 198 g/mol. The van der Waals surface area contributed by atoms with E-state index < -0.39 is 0 Å². The van der Waals surface area contributed by atoms with Gasteiger partial charge in [-0.25, -0.2) is 0 Å². The zero-order chi connectivity index (χ0) is 10.1. The highest BCUT2D eigenvalue weighted by Gasteiger charge is 2.08. The molecule has 0 aromatic heterocycles. The molecule has 0 bridgehead atoms. The molecule has 2 aromatic carbocycles. The van der Waals surface area contributed by atoms with Crippen molar-refractivity contribution in [2.24, 2.45) is 0 Å². The monoisotopic (exact) mass is 198 g/mol. The Kier molecular flexibility index (Phi) is 2.18. The summed E-state index contributed by atoms with van der Waals surface area (Å²) in [6.45, 7) is 1.71. The average Bonchev–Trinajstić information content (AvgIpc) is 2.25. The molecule has 0 aliphatic carbocycles. The van der Waals surface area contributed by atoms with E-state index in [2.05, 4.69) is 36.4 Å². The minimum Gasteiger partial charge on any atom is -0.381 e. The predicted octanol–water partition coefficient (Wildman–Crippen LogP) is 2.96. The smallest absolute Gasteiger partial charge is 0.0506 e. The second kappa shape index (κ2) is 3.67. The highest BCUT2D eigenvalue weighted by Crippen LogP contribution is 2.25. The van der Waals surface area contributed by atoms with Crippen molar-refractivity contribution in [3.05, 3.63) is 47.5 Å². The van der Waals surface area contributed by atoms with Gasteiger partial charge in [-0.2, -0.15) is 0 Å². The molecule has 1 heteroatoms. The molecule has 76 valence electrons. The summed E-state index contributed by atoms with van der Waals surface area (Å²) in [5.41, 5.74) is 2.87. The van der Waals surface area contributed by atoms with Gasteiger partial charge in [0.1, 0.15) is 0 Å². The first kappa shape index (κ1) is 8.93. The molecule has 3 rings (SSSR count). The van der Waals surface area contributed by atoms with Crippen LogP contribution >= 0.6 is 0 Å². The Labute approximate surface area is 89.7 Å². The van der Waals surface area contributed by atoms with E-state index >= 15 is 0 Å². The topological polar surface area (TPSA) is 9.23 Å². The summed E-state index contributed by atoms with van der Waals surface area (Å²) in [7, 11) is 0. The summed E-state index contributed by atoms with van der Waals surface area (Å²) in [6, 6.07) is 13.1. The number of rotatable bonds is 0. The maximum absolute atomic E-state index is 5.56. The van der Waals surface area contributed by atoms with Crippen molar-refractivity contribution in [2.45, 2.75) is 12.8 Å². The second-order valence-electron chi connectivity index (χ2n) is 4.04. The fraction of sp³-hybridized carbons (Fsp3) is 0.286. The molecule has 0 spiro atoms. The third kappa shape index (κ3) is 1.53. The first-order chi connectivity index (χ1) is 7.45. The lowest BCUT2D eigenvalue weighted by molar-refractivity contribution is 0.139. The molecule has 1 heterocycles. The number of hydrogen-bond donors (Lipinski definition) is 0. The van der Waals surface area contributed by atoms with Crippen molar-refractivity contribution < 1.29 is 4.74 Å². The van der Waals surface area contributed by atoms with Crippen LogP contribution in [0.25, 0.3) is 10.8 Å². The van der Waals surface area contributed by atoms with Crippen LogP contribution in [-0.2, 0) is 17.6 Å². The molecular formula is C14H14O. The van der Waals surface area contributed by atoms with Crippen LogP contribution in [0.15, 0.2) is 36.4 Å². The molecule has 0 unspecified atom stereocenters. The zero-order valence-corrected chi connectivity index (χ0v) is 8.70. The van der Waals surface area contributed by atoms with Crippen molar-refractivity contribution in [3.8, 4) is 0 Å². The molecule has 0 N–H and O–H groups in total. The zero-order valence-electron chi connectivity index (χ0n) is 8.70. The number of ether oxygens (including phenoxy) is 1. The van der Waals surface area contributed by atoms with Gasteiger partial charge in [-0.1, -0.05) is 36.4 Å². The van der Waals surface area contributed by atoms with Gasteiger partial charge in [0.05, 0.1) is 13.2 Å². The van der Waals surface area contributed by atoms with Gasteiger partial charge in [0.2, 0.25) is 0 Å². The molecule has 0 atom stereocenters. The quantitative estimate of drug-likeness (QED) is 0.632. The third-order valence-corrected chi connectivity index (χ3v) is 3.11. The lowest BCUT2D eigenvalue weighted by Crippen LogP contribution is -2.07. The molecular weight excluding hydrogens is 184 g/mol. The maximum atomic E-state index is 5.56. The van der Waals surface area contributed by atoms with E-state index in [1.54, 1.807) is 0 Å². The molecule has 0 saturated heterocycles. The Bertz CT molecular complexity index is 447. The van der Waals surface area contributed by atoms with Gasteiger partial charge in [-0.3, -0.25) is 0 Å². The Morgan fingerprint density at radius 2 is 1.40 bits per heavy atom. The molecule has 0 radical (unpaired) electrons. The summed E-state index contributed by atoms with van der Waals surface area (Å²) >= 11 is 0. The Morgan fingerprint density at radius 1 is 0.800 bits per heavy atom. The van der Waals surface area contributed by atoms with Gasteiger partial charge in [-0.05, 0) is 34.7 Å². The van der Waals surface area contributed by atoms with Crippen molar-refractivity contribution in [3.63, 3.8) is 0 Å². The van der Waals surface area contributed by atoms with E-state index in [9.17, 15) is 0 Å². The molecule has 0 amide bonds. The lowest BCUT2D eigenvalue weighted by atomic mass is 9.95. The third-order valence-electron chi connectivity index (χ3n) is 3.11. The van der Waals surface area contributed by atoms with Gasteiger partial charge < -0.3 is 4.74 Å². The second-order valence-corrected chi connectivity index (χ2v) is 4.04. The highest BCUT2D eigenvalue weighted by atomic mass is 16.5. The number of hydrogen-bond acceptors (Lipinski definition) is 1. The molecule has 1 nitrogen and oxygen atoms in total. The van der Waals surface area contributed by atoms with E-state index in [0.29, 0.717) is 0 Å². The van der Waals surface area contributed by atoms with Crippen LogP contribution in [0.1, 0.15) is 11.1 Å². The molecule has 15 heavy (non-hydrogen) atoms. The van der Waals surface area contributed by atoms with Gasteiger partial charge in [0, 0.05) is 0 Å². The largest absolute Gasteiger partial charge is 0.381 e. The molecule has 0 fully saturated rings. The van der Waals surface area contributed by atoms with Crippen molar-refractivity contribution in [1.29, 1.82) is 0 Å². The Morgan fingerprint density at radius 3 is 2.00 bits per heavy atom. The predicted molar refractivity (Wildman–Crippen MR) is 62.2 cm³/mol. The maximum Gasteiger partial charge on any atom is 0.0506 e. The van der Waals surface area contributed by atoms with Crippen LogP contribution in [0, 0.1) is 0 Å². The van der Waals surface area contributed by atoms with E-state index in [1.807, 2.05) is 0 Å². The van der Waals surface area contributed by atoms with Crippen LogP contribution < -0.4 is 0 Å². The van der Waals surface area contributed by atoms with Crippen molar-refractivity contribution in [2.75, 3.05) is 13.2 Å². The summed E-state index contributed by atoms with van der Waals surface area (Å²) < 4.78 is 5.56. The van der Waals surface area contributed by atoms with Crippen LogP contribution in [0.2, 0.25) is 0 Å². The lowest BCUT2D eigenvalue weighted by Gasteiger charge is -2.15. The summed E-state index contributed by atoms with van der Waals surface area (Å²) in [5.74, 6) is 0. The Balaban J connectivity index is 2.32. The summed E-state index contributed by atoms with van der Waals surface area (Å²) in [5, 5.41) is 2.83. The fourth-order valence-corrected chi connectivity index (χ4v) is 2.38. The molecule has 1 aliphatic rings. The van der Waals surface area contributed by atoms with Gasteiger partial charge >= 0.3 is 0 Å². The summed E-state index contributed by atoms with van der Waals surface area (Å²) in [6.07, 6.45) is 2.07. The van der Waals surface area contributed by atoms with Gasteiger partial charge in [0.25, 0.3) is 0 Å².